The van der Waals surface area contributed by atoms with Gasteiger partial charge >= 0.3 is 0 Å². The zero-order chi connectivity index (χ0) is 21.6. The summed E-state index contributed by atoms with van der Waals surface area (Å²) in [6.45, 7) is 7.47. The first-order chi connectivity index (χ1) is 14.4. The lowest BCUT2D eigenvalue weighted by Crippen LogP contribution is -2.54. The van der Waals surface area contributed by atoms with Gasteiger partial charge in [-0.15, -0.1) is 0 Å². The fraction of sp³-hybridized carbons (Fsp3) is 0.417. The SMILES string of the molecule is COc1ccc(CNC(=O)CN2CCN(C(=O)C(C)(C)c3ccccc3)CC2)cc1. The van der Waals surface area contributed by atoms with Crippen molar-refractivity contribution >= 4 is 11.8 Å². The molecule has 0 atom stereocenters. The molecule has 1 heterocycles. The molecule has 0 bridgehead atoms. The lowest BCUT2D eigenvalue weighted by atomic mass is 9.83. The molecule has 6 heteroatoms. The molecule has 30 heavy (non-hydrogen) atoms. The smallest absolute Gasteiger partial charge is 0.234 e. The van der Waals surface area contributed by atoms with Gasteiger partial charge in [0.2, 0.25) is 11.8 Å². The van der Waals surface area contributed by atoms with E-state index in [1.807, 2.05) is 73.3 Å². The van der Waals surface area contributed by atoms with Crippen LogP contribution in [-0.2, 0) is 21.5 Å². The van der Waals surface area contributed by atoms with E-state index in [0.29, 0.717) is 39.3 Å². The van der Waals surface area contributed by atoms with Crippen LogP contribution in [0.2, 0.25) is 0 Å². The molecule has 2 aromatic rings. The fourth-order valence-electron chi connectivity index (χ4n) is 3.69. The van der Waals surface area contributed by atoms with Crippen molar-refractivity contribution < 1.29 is 14.3 Å². The van der Waals surface area contributed by atoms with E-state index in [-0.39, 0.29) is 11.8 Å². The van der Waals surface area contributed by atoms with Crippen molar-refractivity contribution in [3.8, 4) is 5.75 Å². The third-order valence-electron chi connectivity index (χ3n) is 5.71. The van der Waals surface area contributed by atoms with E-state index in [2.05, 4.69) is 10.2 Å². The minimum Gasteiger partial charge on any atom is -0.497 e. The van der Waals surface area contributed by atoms with E-state index in [4.69, 9.17) is 4.74 Å². The molecule has 0 unspecified atom stereocenters. The Labute approximate surface area is 178 Å². The molecule has 1 fully saturated rings. The monoisotopic (exact) mass is 409 g/mol. The molecule has 2 aromatic carbocycles. The van der Waals surface area contributed by atoms with Gasteiger partial charge in [-0.05, 0) is 37.1 Å². The standard InChI is InChI=1S/C24H31N3O3/c1-24(2,20-7-5-4-6-8-20)23(29)27-15-13-26(14-16-27)18-22(28)25-17-19-9-11-21(30-3)12-10-19/h4-12H,13-18H2,1-3H3,(H,25,28). The lowest BCUT2D eigenvalue weighted by Gasteiger charge is -2.38. The largest absolute Gasteiger partial charge is 0.497 e. The molecule has 160 valence electrons. The predicted molar refractivity (Wildman–Crippen MR) is 117 cm³/mol. The van der Waals surface area contributed by atoms with Gasteiger partial charge in [-0.25, -0.2) is 0 Å². The average molecular weight is 410 g/mol. The molecular weight excluding hydrogens is 378 g/mol. The topological polar surface area (TPSA) is 61.9 Å². The van der Waals surface area contributed by atoms with Gasteiger partial charge in [0.1, 0.15) is 5.75 Å². The minimum atomic E-state index is -0.556. The van der Waals surface area contributed by atoms with E-state index in [9.17, 15) is 9.59 Å². The molecule has 0 aliphatic carbocycles. The molecule has 1 saturated heterocycles. The molecule has 0 saturated carbocycles. The van der Waals surface area contributed by atoms with Crippen LogP contribution >= 0.6 is 0 Å². The van der Waals surface area contributed by atoms with Crippen molar-refractivity contribution in [3.63, 3.8) is 0 Å². The Morgan fingerprint density at radius 2 is 1.60 bits per heavy atom. The van der Waals surface area contributed by atoms with Crippen LogP contribution in [0.5, 0.6) is 5.75 Å². The van der Waals surface area contributed by atoms with Gasteiger partial charge < -0.3 is 15.0 Å². The molecule has 1 aliphatic heterocycles. The van der Waals surface area contributed by atoms with Crippen molar-refractivity contribution in [2.75, 3.05) is 39.8 Å². The Bertz CT molecular complexity index is 842. The maximum absolute atomic E-state index is 13.1. The summed E-state index contributed by atoms with van der Waals surface area (Å²) in [7, 11) is 1.63. The Morgan fingerprint density at radius 3 is 2.20 bits per heavy atom. The van der Waals surface area contributed by atoms with Crippen LogP contribution in [-0.4, -0.2) is 61.4 Å². The van der Waals surface area contributed by atoms with Crippen molar-refractivity contribution in [2.24, 2.45) is 0 Å². The highest BCUT2D eigenvalue weighted by Gasteiger charge is 2.35. The second-order valence-corrected chi connectivity index (χ2v) is 8.18. The van der Waals surface area contributed by atoms with E-state index >= 15 is 0 Å². The summed E-state index contributed by atoms with van der Waals surface area (Å²) in [5, 5.41) is 2.96. The van der Waals surface area contributed by atoms with Crippen LogP contribution in [0.15, 0.2) is 54.6 Å². The van der Waals surface area contributed by atoms with Gasteiger partial charge in [0.05, 0.1) is 19.1 Å². The maximum atomic E-state index is 13.1. The number of methoxy groups -OCH3 is 1. The zero-order valence-corrected chi connectivity index (χ0v) is 18.1. The second kappa shape index (κ2) is 9.76. The van der Waals surface area contributed by atoms with E-state index < -0.39 is 5.41 Å². The van der Waals surface area contributed by atoms with Gasteiger partial charge in [-0.2, -0.15) is 0 Å². The number of amides is 2. The number of benzene rings is 2. The van der Waals surface area contributed by atoms with Gasteiger partial charge in [0, 0.05) is 32.7 Å². The van der Waals surface area contributed by atoms with Crippen LogP contribution in [0.1, 0.15) is 25.0 Å². The number of hydrogen-bond acceptors (Lipinski definition) is 4. The molecule has 1 N–H and O–H groups in total. The molecule has 0 radical (unpaired) electrons. The summed E-state index contributed by atoms with van der Waals surface area (Å²) in [6.07, 6.45) is 0. The first kappa shape index (κ1) is 21.8. The number of nitrogens with one attached hydrogen (secondary N) is 1. The van der Waals surface area contributed by atoms with Gasteiger partial charge in [-0.1, -0.05) is 42.5 Å². The first-order valence-electron chi connectivity index (χ1n) is 10.4. The highest BCUT2D eigenvalue weighted by molar-refractivity contribution is 5.87. The minimum absolute atomic E-state index is 0.00444. The average Bonchev–Trinajstić information content (AvgIpc) is 2.78. The zero-order valence-electron chi connectivity index (χ0n) is 18.1. The molecule has 0 spiro atoms. The Hall–Kier alpha value is -2.86. The van der Waals surface area contributed by atoms with Crippen LogP contribution in [0.4, 0.5) is 0 Å². The third kappa shape index (κ3) is 5.39. The second-order valence-electron chi connectivity index (χ2n) is 8.18. The molecular formula is C24H31N3O3. The summed E-state index contributed by atoms with van der Waals surface area (Å²) in [4.78, 5) is 29.4. The molecule has 0 aromatic heterocycles. The predicted octanol–water partition coefficient (Wildman–Crippen LogP) is 2.43. The number of carbonyl (C=O) groups excluding carboxylic acids is 2. The number of ether oxygens (including phenoxy) is 1. The highest BCUT2D eigenvalue weighted by atomic mass is 16.5. The maximum Gasteiger partial charge on any atom is 0.234 e. The van der Waals surface area contributed by atoms with Gasteiger partial charge in [-0.3, -0.25) is 14.5 Å². The third-order valence-corrected chi connectivity index (χ3v) is 5.71. The Balaban J connectivity index is 1.44. The number of nitrogens with zero attached hydrogens (tertiary/aromatic N) is 2. The summed E-state index contributed by atoms with van der Waals surface area (Å²) in [5.41, 5.74) is 1.50. The van der Waals surface area contributed by atoms with E-state index in [1.54, 1.807) is 7.11 Å². The first-order valence-corrected chi connectivity index (χ1v) is 10.4. The van der Waals surface area contributed by atoms with E-state index in [0.717, 1.165) is 16.9 Å². The van der Waals surface area contributed by atoms with Crippen molar-refractivity contribution in [3.05, 3.63) is 65.7 Å². The van der Waals surface area contributed by atoms with Crippen LogP contribution in [0.3, 0.4) is 0 Å². The summed E-state index contributed by atoms with van der Waals surface area (Å²) < 4.78 is 5.14. The Kier molecular flexibility index (Phi) is 7.11. The number of piperazine rings is 1. The highest BCUT2D eigenvalue weighted by Crippen LogP contribution is 2.26. The Morgan fingerprint density at radius 1 is 0.967 bits per heavy atom. The van der Waals surface area contributed by atoms with Gasteiger partial charge in [0.25, 0.3) is 0 Å². The molecule has 1 aliphatic rings. The summed E-state index contributed by atoms with van der Waals surface area (Å²) in [5.74, 6) is 0.931. The summed E-state index contributed by atoms with van der Waals surface area (Å²) >= 11 is 0. The number of rotatable bonds is 7. The fourth-order valence-corrected chi connectivity index (χ4v) is 3.69. The van der Waals surface area contributed by atoms with Crippen molar-refractivity contribution in [1.82, 2.24) is 15.1 Å². The normalized spacial score (nSPS) is 15.0. The van der Waals surface area contributed by atoms with E-state index in [1.165, 1.54) is 0 Å². The van der Waals surface area contributed by atoms with Crippen LogP contribution in [0.25, 0.3) is 0 Å². The quantitative estimate of drug-likeness (QED) is 0.763. The number of hydrogen-bond donors (Lipinski definition) is 1. The number of carbonyl (C=O) groups is 2. The van der Waals surface area contributed by atoms with Crippen LogP contribution < -0.4 is 10.1 Å². The van der Waals surface area contributed by atoms with Crippen LogP contribution in [0, 0.1) is 0 Å². The molecule has 3 rings (SSSR count). The summed E-state index contributed by atoms with van der Waals surface area (Å²) in [6, 6.07) is 17.5. The van der Waals surface area contributed by atoms with Crippen molar-refractivity contribution in [1.29, 1.82) is 0 Å². The lowest BCUT2D eigenvalue weighted by molar-refractivity contribution is -0.138. The van der Waals surface area contributed by atoms with Crippen molar-refractivity contribution in [2.45, 2.75) is 25.8 Å². The molecule has 2 amide bonds. The van der Waals surface area contributed by atoms with Gasteiger partial charge in [0.15, 0.2) is 0 Å². The molecule has 6 nitrogen and oxygen atoms in total.